The molecule has 0 aromatic heterocycles. The largest absolute Gasteiger partial charge is 0.348 e. The Bertz CT molecular complexity index is 701. The number of rotatable bonds is 5. The van der Waals surface area contributed by atoms with Gasteiger partial charge in [-0.1, -0.05) is 42.8 Å². The lowest BCUT2D eigenvalue weighted by Gasteiger charge is -2.28. The summed E-state index contributed by atoms with van der Waals surface area (Å²) in [6, 6.07) is 16.3. The quantitative estimate of drug-likeness (QED) is 0.723. The Labute approximate surface area is 153 Å². The highest BCUT2D eigenvalue weighted by molar-refractivity contribution is 8.00. The monoisotopic (exact) mass is 359 g/mol. The van der Waals surface area contributed by atoms with Gasteiger partial charge in [0.15, 0.2) is 0 Å². The van der Waals surface area contributed by atoms with Crippen molar-refractivity contribution in [3.63, 3.8) is 0 Å². The van der Waals surface area contributed by atoms with Crippen LogP contribution in [-0.4, -0.2) is 11.2 Å². The summed E-state index contributed by atoms with van der Waals surface area (Å²) in [4.78, 5) is 13.8. The zero-order valence-corrected chi connectivity index (χ0v) is 15.4. The molecule has 0 saturated heterocycles. The van der Waals surface area contributed by atoms with Crippen LogP contribution in [0.15, 0.2) is 53.4 Å². The molecule has 2 unspecified atom stereocenters. The first-order chi connectivity index (χ1) is 11.7. The first-order valence-electron chi connectivity index (χ1n) is 8.47. The van der Waals surface area contributed by atoms with Gasteiger partial charge in [0.05, 0.1) is 11.3 Å². The van der Waals surface area contributed by atoms with Gasteiger partial charge in [0.25, 0.3) is 0 Å². The number of carbonyl (C=O) groups excluding carboxylic acids is 1. The van der Waals surface area contributed by atoms with Gasteiger partial charge in [-0.15, -0.1) is 11.8 Å². The third kappa shape index (κ3) is 4.14. The Kier molecular flexibility index (Phi) is 5.85. The van der Waals surface area contributed by atoms with E-state index in [0.717, 1.165) is 35.6 Å². The van der Waals surface area contributed by atoms with E-state index in [1.54, 1.807) is 11.8 Å². The minimum absolute atomic E-state index is 0.0831. The van der Waals surface area contributed by atoms with Crippen LogP contribution in [0.25, 0.3) is 0 Å². The van der Waals surface area contributed by atoms with Crippen molar-refractivity contribution in [1.82, 2.24) is 5.32 Å². The summed E-state index contributed by atoms with van der Waals surface area (Å²) in [7, 11) is 0. The van der Waals surface area contributed by atoms with Crippen LogP contribution in [0.5, 0.6) is 0 Å². The lowest BCUT2D eigenvalue weighted by Crippen LogP contribution is -2.36. The summed E-state index contributed by atoms with van der Waals surface area (Å²) in [6.45, 7) is 2.06. The fourth-order valence-corrected chi connectivity index (χ4v) is 4.26. The number of halogens is 1. The van der Waals surface area contributed by atoms with Gasteiger partial charge < -0.3 is 5.32 Å². The van der Waals surface area contributed by atoms with Crippen molar-refractivity contribution in [3.8, 4) is 0 Å². The van der Waals surface area contributed by atoms with Gasteiger partial charge in [0.2, 0.25) is 5.91 Å². The molecule has 0 saturated carbocycles. The molecule has 0 spiro atoms. The van der Waals surface area contributed by atoms with Crippen LogP contribution in [0, 0.1) is 0 Å². The summed E-state index contributed by atoms with van der Waals surface area (Å²) >= 11 is 7.54. The van der Waals surface area contributed by atoms with Crippen LogP contribution >= 0.6 is 23.4 Å². The molecule has 0 fully saturated rings. The van der Waals surface area contributed by atoms with Crippen molar-refractivity contribution in [2.24, 2.45) is 0 Å². The highest BCUT2D eigenvalue weighted by Gasteiger charge is 2.25. The van der Waals surface area contributed by atoms with Crippen LogP contribution in [0.3, 0.4) is 0 Å². The van der Waals surface area contributed by atoms with Crippen molar-refractivity contribution < 1.29 is 4.79 Å². The molecular formula is C20H22ClNOS. The van der Waals surface area contributed by atoms with Crippen LogP contribution in [0.4, 0.5) is 0 Å². The van der Waals surface area contributed by atoms with Gasteiger partial charge >= 0.3 is 0 Å². The van der Waals surface area contributed by atoms with Gasteiger partial charge in [-0.25, -0.2) is 0 Å². The second kappa shape index (κ2) is 8.09. The molecule has 1 aliphatic rings. The van der Waals surface area contributed by atoms with Crippen molar-refractivity contribution >= 4 is 29.3 Å². The Morgan fingerprint density at radius 3 is 2.75 bits per heavy atom. The molecule has 24 heavy (non-hydrogen) atoms. The molecule has 0 bridgehead atoms. The van der Waals surface area contributed by atoms with Crippen LogP contribution in [0.2, 0.25) is 5.02 Å². The second-order valence-electron chi connectivity index (χ2n) is 6.12. The number of aryl methyl sites for hydroxylation is 1. The van der Waals surface area contributed by atoms with Crippen LogP contribution < -0.4 is 5.32 Å². The smallest absolute Gasteiger partial charge is 0.233 e. The third-order valence-corrected chi connectivity index (χ3v) is 6.07. The fraction of sp³-hybridized carbons (Fsp3) is 0.350. The molecule has 2 nitrogen and oxygen atoms in total. The van der Waals surface area contributed by atoms with Crippen LogP contribution in [-0.2, 0) is 11.2 Å². The Balaban J connectivity index is 1.68. The Morgan fingerprint density at radius 1 is 1.25 bits per heavy atom. The van der Waals surface area contributed by atoms with Crippen LogP contribution in [0.1, 0.15) is 43.4 Å². The van der Waals surface area contributed by atoms with Gasteiger partial charge in [0, 0.05) is 9.92 Å². The lowest BCUT2D eigenvalue weighted by molar-refractivity contribution is -0.121. The molecule has 2 aromatic carbocycles. The molecule has 0 heterocycles. The first-order valence-corrected chi connectivity index (χ1v) is 9.73. The summed E-state index contributed by atoms with van der Waals surface area (Å²) in [5, 5.41) is 3.91. The van der Waals surface area contributed by atoms with Crippen molar-refractivity contribution in [2.45, 2.75) is 48.8 Å². The summed E-state index contributed by atoms with van der Waals surface area (Å²) in [5.74, 6) is 0.124. The summed E-state index contributed by atoms with van der Waals surface area (Å²) in [5.41, 5.74) is 2.65. The molecule has 2 atom stereocenters. The molecule has 126 valence electrons. The highest BCUT2D eigenvalue weighted by atomic mass is 35.5. The van der Waals surface area contributed by atoms with E-state index >= 15 is 0 Å². The molecule has 1 amide bonds. The zero-order chi connectivity index (χ0) is 16.9. The number of carbonyl (C=O) groups is 1. The van der Waals surface area contributed by atoms with Crippen molar-refractivity contribution in [1.29, 1.82) is 0 Å². The minimum Gasteiger partial charge on any atom is -0.348 e. The Hall–Kier alpha value is -1.45. The van der Waals surface area contributed by atoms with Crippen molar-refractivity contribution in [2.75, 3.05) is 0 Å². The van der Waals surface area contributed by atoms with E-state index in [0.29, 0.717) is 0 Å². The average molecular weight is 360 g/mol. The van der Waals surface area contributed by atoms with E-state index in [9.17, 15) is 4.79 Å². The standard InChI is InChI=1S/C20H22ClNOS/c1-2-19(24-16-12-10-15(21)11-13-16)20(23)22-18-9-5-7-14-6-3-4-8-17(14)18/h3-4,6,8,10-13,18-19H,2,5,7,9H2,1H3,(H,22,23). The molecule has 0 radical (unpaired) electrons. The second-order valence-corrected chi connectivity index (χ2v) is 7.83. The molecule has 4 heteroatoms. The predicted octanol–water partition coefficient (Wildman–Crippen LogP) is 5.40. The lowest BCUT2D eigenvalue weighted by atomic mass is 9.87. The van der Waals surface area contributed by atoms with E-state index in [4.69, 9.17) is 11.6 Å². The number of nitrogens with one attached hydrogen (secondary N) is 1. The van der Waals surface area contributed by atoms with Gasteiger partial charge in [-0.2, -0.15) is 0 Å². The zero-order valence-electron chi connectivity index (χ0n) is 13.8. The number of benzene rings is 2. The predicted molar refractivity (Wildman–Crippen MR) is 102 cm³/mol. The van der Waals surface area contributed by atoms with Gasteiger partial charge in [0.1, 0.15) is 0 Å². The molecular weight excluding hydrogens is 338 g/mol. The maximum absolute atomic E-state index is 12.8. The molecule has 1 N–H and O–H groups in total. The van der Waals surface area contributed by atoms with Gasteiger partial charge in [-0.05, 0) is 61.1 Å². The van der Waals surface area contributed by atoms with Crippen molar-refractivity contribution in [3.05, 3.63) is 64.7 Å². The molecule has 3 rings (SSSR count). The van der Waals surface area contributed by atoms with E-state index in [2.05, 4.69) is 36.5 Å². The number of thioether (sulfide) groups is 1. The molecule has 0 aliphatic heterocycles. The summed E-state index contributed by atoms with van der Waals surface area (Å²) < 4.78 is 0. The van der Waals surface area contributed by atoms with E-state index in [1.165, 1.54) is 11.1 Å². The topological polar surface area (TPSA) is 29.1 Å². The SMILES string of the molecule is CCC(Sc1ccc(Cl)cc1)C(=O)NC1CCCc2ccccc21. The third-order valence-electron chi connectivity index (χ3n) is 4.44. The van der Waals surface area contributed by atoms with E-state index in [1.807, 2.05) is 24.3 Å². The highest BCUT2D eigenvalue weighted by Crippen LogP contribution is 2.31. The minimum atomic E-state index is -0.0831. The maximum Gasteiger partial charge on any atom is 0.233 e. The number of amides is 1. The van der Waals surface area contributed by atoms with Gasteiger partial charge in [-0.3, -0.25) is 4.79 Å². The molecule has 1 aliphatic carbocycles. The average Bonchev–Trinajstić information content (AvgIpc) is 2.61. The number of fused-ring (bicyclic) bond motifs is 1. The van der Waals surface area contributed by atoms with E-state index in [-0.39, 0.29) is 17.2 Å². The first kappa shape index (κ1) is 17.4. The fourth-order valence-electron chi connectivity index (χ4n) is 3.17. The number of hydrogen-bond acceptors (Lipinski definition) is 2. The summed E-state index contributed by atoms with van der Waals surface area (Å²) in [6.07, 6.45) is 4.06. The van der Waals surface area contributed by atoms with E-state index < -0.39 is 0 Å². The normalized spacial score (nSPS) is 17.8. The Morgan fingerprint density at radius 2 is 2.00 bits per heavy atom. The molecule has 2 aromatic rings. The maximum atomic E-state index is 12.8. The number of hydrogen-bond donors (Lipinski definition) is 1.